The lowest BCUT2D eigenvalue weighted by atomic mass is 9.86. The first-order valence-electron chi connectivity index (χ1n) is 9.83. The Hall–Kier alpha value is -3.02. The van der Waals surface area contributed by atoms with Crippen LogP contribution in [0.15, 0.2) is 24.3 Å². The Labute approximate surface area is 163 Å². The molecule has 2 aromatic carbocycles. The molecule has 0 aliphatic carbocycles. The van der Waals surface area contributed by atoms with Crippen LogP contribution >= 0.6 is 0 Å². The molecule has 28 heavy (non-hydrogen) atoms. The fourth-order valence-corrected chi connectivity index (χ4v) is 4.01. The summed E-state index contributed by atoms with van der Waals surface area (Å²) in [5.74, 6) is -1.43. The van der Waals surface area contributed by atoms with E-state index < -0.39 is 0 Å². The highest BCUT2D eigenvalue weighted by molar-refractivity contribution is 6.33. The molecule has 0 atom stereocenters. The first-order valence-corrected chi connectivity index (χ1v) is 9.83. The quantitative estimate of drug-likeness (QED) is 0.720. The zero-order valence-corrected chi connectivity index (χ0v) is 16.1. The monoisotopic (exact) mass is 378 g/mol. The maximum absolute atomic E-state index is 12.9. The van der Waals surface area contributed by atoms with Gasteiger partial charge in [0.15, 0.2) is 0 Å². The maximum atomic E-state index is 12.9. The molecular weight excluding hydrogens is 356 g/mol. The van der Waals surface area contributed by atoms with E-state index in [1.54, 1.807) is 24.3 Å². The molecule has 0 aromatic heterocycles. The molecule has 0 fully saturated rings. The number of rotatable bonds is 6. The highest BCUT2D eigenvalue weighted by Gasteiger charge is 2.39. The Morgan fingerprint density at radius 2 is 0.857 bits per heavy atom. The molecule has 0 N–H and O–H groups in total. The molecule has 0 spiro atoms. The predicted molar refractivity (Wildman–Crippen MR) is 104 cm³/mol. The summed E-state index contributed by atoms with van der Waals surface area (Å²) in [5, 5.41) is 0.879. The molecule has 4 amide bonds. The van der Waals surface area contributed by atoms with Crippen molar-refractivity contribution in [1.29, 1.82) is 0 Å². The van der Waals surface area contributed by atoms with Crippen molar-refractivity contribution >= 4 is 34.4 Å². The SMILES string of the molecule is CCCCN1C(=O)c2ccc3c4c(ccc(c24)C1=O)C(=O)N(CCCC)C3=O. The first kappa shape index (κ1) is 18.3. The minimum absolute atomic E-state index is 0.358. The van der Waals surface area contributed by atoms with Gasteiger partial charge >= 0.3 is 0 Å². The molecule has 0 unspecified atom stereocenters. The van der Waals surface area contributed by atoms with Crippen molar-refractivity contribution in [2.24, 2.45) is 0 Å². The molecule has 144 valence electrons. The fraction of sp³-hybridized carbons (Fsp3) is 0.364. The second-order valence-corrected chi connectivity index (χ2v) is 7.30. The minimum Gasteiger partial charge on any atom is -0.274 e. The second-order valence-electron chi connectivity index (χ2n) is 7.30. The lowest BCUT2D eigenvalue weighted by Crippen LogP contribution is -2.43. The summed E-state index contributed by atoms with van der Waals surface area (Å²) in [6, 6.07) is 6.46. The summed E-state index contributed by atoms with van der Waals surface area (Å²) in [4.78, 5) is 54.3. The van der Waals surface area contributed by atoms with Crippen LogP contribution in [-0.2, 0) is 0 Å². The molecule has 0 bridgehead atoms. The van der Waals surface area contributed by atoms with Gasteiger partial charge in [-0.3, -0.25) is 29.0 Å². The van der Waals surface area contributed by atoms with Gasteiger partial charge in [-0.2, -0.15) is 0 Å². The van der Waals surface area contributed by atoms with Crippen LogP contribution in [0.25, 0.3) is 10.8 Å². The van der Waals surface area contributed by atoms with Crippen LogP contribution in [0.3, 0.4) is 0 Å². The van der Waals surface area contributed by atoms with Crippen molar-refractivity contribution in [3.8, 4) is 0 Å². The third-order valence-electron chi connectivity index (χ3n) is 5.53. The molecule has 0 saturated heterocycles. The largest absolute Gasteiger partial charge is 0.274 e. The molecule has 2 aliphatic heterocycles. The normalized spacial score (nSPS) is 15.8. The van der Waals surface area contributed by atoms with Gasteiger partial charge in [0.25, 0.3) is 23.6 Å². The van der Waals surface area contributed by atoms with E-state index in [0.717, 1.165) is 25.7 Å². The van der Waals surface area contributed by atoms with Crippen molar-refractivity contribution in [2.45, 2.75) is 39.5 Å². The average molecular weight is 378 g/mol. The molecule has 2 aliphatic rings. The Kier molecular flexibility index (Phi) is 4.49. The van der Waals surface area contributed by atoms with Crippen LogP contribution in [0.4, 0.5) is 0 Å². The standard InChI is InChI=1S/C22H22N2O4/c1-3-5-11-23-19(25)13-7-9-15-18-16(10-8-14(17(13)18)20(23)26)22(28)24(21(15)27)12-6-4-2/h7-10H,3-6,11-12H2,1-2H3. The molecule has 0 saturated carbocycles. The Bertz CT molecular complexity index is 887. The van der Waals surface area contributed by atoms with Gasteiger partial charge in [0, 0.05) is 46.1 Å². The Morgan fingerprint density at radius 1 is 0.571 bits per heavy atom. The lowest BCUT2D eigenvalue weighted by Gasteiger charge is -2.31. The van der Waals surface area contributed by atoms with E-state index in [2.05, 4.69) is 0 Å². The average Bonchev–Trinajstić information content (AvgIpc) is 2.70. The maximum Gasteiger partial charge on any atom is 0.261 e. The highest BCUT2D eigenvalue weighted by Crippen LogP contribution is 2.37. The third-order valence-corrected chi connectivity index (χ3v) is 5.53. The number of hydrogen-bond donors (Lipinski definition) is 0. The number of carbonyl (C=O) groups is 4. The van der Waals surface area contributed by atoms with Gasteiger partial charge in [0.1, 0.15) is 0 Å². The van der Waals surface area contributed by atoms with Gasteiger partial charge in [0.05, 0.1) is 0 Å². The van der Waals surface area contributed by atoms with E-state index in [0.29, 0.717) is 46.1 Å². The summed E-state index contributed by atoms with van der Waals surface area (Å²) in [6.07, 6.45) is 3.20. The molecule has 6 heteroatoms. The van der Waals surface area contributed by atoms with E-state index in [1.807, 2.05) is 13.8 Å². The van der Waals surface area contributed by atoms with E-state index in [4.69, 9.17) is 0 Å². The van der Waals surface area contributed by atoms with Crippen molar-refractivity contribution in [2.75, 3.05) is 13.1 Å². The molecule has 6 nitrogen and oxygen atoms in total. The second kappa shape index (κ2) is 6.86. The van der Waals surface area contributed by atoms with Crippen LogP contribution in [0, 0.1) is 0 Å². The molecule has 0 radical (unpaired) electrons. The number of hydrogen-bond acceptors (Lipinski definition) is 4. The van der Waals surface area contributed by atoms with Gasteiger partial charge in [-0.1, -0.05) is 26.7 Å². The number of imide groups is 2. The molecule has 2 aromatic rings. The van der Waals surface area contributed by atoms with E-state index >= 15 is 0 Å². The number of benzene rings is 2. The highest BCUT2D eigenvalue weighted by atomic mass is 16.2. The van der Waals surface area contributed by atoms with E-state index in [9.17, 15) is 19.2 Å². The van der Waals surface area contributed by atoms with Crippen LogP contribution in [-0.4, -0.2) is 46.5 Å². The van der Waals surface area contributed by atoms with Crippen LogP contribution in [0.5, 0.6) is 0 Å². The smallest absolute Gasteiger partial charge is 0.261 e. The van der Waals surface area contributed by atoms with Crippen molar-refractivity contribution in [1.82, 2.24) is 9.80 Å². The molecular formula is C22H22N2O4. The van der Waals surface area contributed by atoms with E-state index in [1.165, 1.54) is 9.80 Å². The van der Waals surface area contributed by atoms with Gasteiger partial charge in [-0.25, -0.2) is 0 Å². The number of carbonyl (C=O) groups excluding carboxylic acids is 4. The van der Waals surface area contributed by atoms with E-state index in [-0.39, 0.29) is 23.6 Å². The van der Waals surface area contributed by atoms with Crippen LogP contribution in [0.2, 0.25) is 0 Å². The summed E-state index contributed by atoms with van der Waals surface area (Å²) in [5.41, 5.74) is 1.53. The van der Waals surface area contributed by atoms with Gasteiger partial charge in [-0.05, 0) is 37.1 Å². The summed E-state index contributed by atoms with van der Waals surface area (Å²) in [7, 11) is 0. The van der Waals surface area contributed by atoms with Crippen LogP contribution < -0.4 is 0 Å². The van der Waals surface area contributed by atoms with Crippen molar-refractivity contribution in [3.63, 3.8) is 0 Å². The first-order chi connectivity index (χ1) is 13.5. The van der Waals surface area contributed by atoms with Crippen LogP contribution in [0.1, 0.15) is 81.0 Å². The number of unbranched alkanes of at least 4 members (excludes halogenated alkanes) is 2. The Morgan fingerprint density at radius 3 is 1.11 bits per heavy atom. The van der Waals surface area contributed by atoms with Gasteiger partial charge < -0.3 is 0 Å². The zero-order valence-electron chi connectivity index (χ0n) is 16.1. The summed E-state index contributed by atoms with van der Waals surface area (Å²) >= 11 is 0. The Balaban J connectivity index is 1.91. The summed E-state index contributed by atoms with van der Waals surface area (Å²) in [6.45, 7) is 4.72. The molecule has 4 rings (SSSR count). The van der Waals surface area contributed by atoms with Crippen molar-refractivity contribution in [3.05, 3.63) is 46.5 Å². The topological polar surface area (TPSA) is 74.8 Å². The number of nitrogens with zero attached hydrogens (tertiary/aromatic N) is 2. The molecule has 2 heterocycles. The number of amides is 4. The van der Waals surface area contributed by atoms with Gasteiger partial charge in [-0.15, -0.1) is 0 Å². The predicted octanol–water partition coefficient (Wildman–Crippen LogP) is 3.63. The summed E-state index contributed by atoms with van der Waals surface area (Å²) < 4.78 is 0. The lowest BCUT2D eigenvalue weighted by molar-refractivity contribution is 0.0587. The zero-order chi connectivity index (χ0) is 20.0. The fourth-order valence-electron chi connectivity index (χ4n) is 4.01. The third kappa shape index (κ3) is 2.47. The van der Waals surface area contributed by atoms with Crippen molar-refractivity contribution < 1.29 is 19.2 Å². The minimum atomic E-state index is -0.358. The van der Waals surface area contributed by atoms with Gasteiger partial charge in [0.2, 0.25) is 0 Å².